The number of carbonyl (C=O) groups is 1. The second-order valence-corrected chi connectivity index (χ2v) is 3.37. The molecule has 6 nitrogen and oxygen atoms in total. The van der Waals surface area contributed by atoms with Gasteiger partial charge in [0.25, 0.3) is 0 Å². The molecule has 1 aromatic carbocycles. The molecule has 17 heavy (non-hydrogen) atoms. The van der Waals surface area contributed by atoms with Crippen molar-refractivity contribution >= 4 is 5.97 Å². The van der Waals surface area contributed by atoms with Gasteiger partial charge in [-0.05, 0) is 17.5 Å². The summed E-state index contributed by atoms with van der Waals surface area (Å²) in [6.45, 7) is 0.344. The van der Waals surface area contributed by atoms with Gasteiger partial charge in [-0.25, -0.2) is 4.79 Å². The molecule has 90 valence electrons. The van der Waals surface area contributed by atoms with Crippen molar-refractivity contribution in [2.24, 2.45) is 5.11 Å². The summed E-state index contributed by atoms with van der Waals surface area (Å²) in [4.78, 5) is 13.4. The Hall–Kier alpha value is -2.04. The van der Waals surface area contributed by atoms with Crippen LogP contribution in [0.5, 0.6) is 0 Å². The minimum Gasteiger partial charge on any atom is -0.479 e. The molecule has 0 amide bonds. The number of nitrogens with zero attached hydrogens (tertiary/aromatic N) is 3. The summed E-state index contributed by atoms with van der Waals surface area (Å²) in [5.41, 5.74) is 9.00. The molecule has 0 saturated heterocycles. The lowest BCUT2D eigenvalue weighted by molar-refractivity contribution is -0.151. The van der Waals surface area contributed by atoms with Crippen LogP contribution in [0.4, 0.5) is 0 Å². The van der Waals surface area contributed by atoms with Crippen LogP contribution >= 0.6 is 0 Å². The number of ether oxygens (including phenoxy) is 1. The standard InChI is InChI=1S/C11H13N3O3/c12-14-13-7-6-10(11(15)16)17-8-9-4-2-1-3-5-9/h1-5,10H,6-8H2,(H,15,16). The summed E-state index contributed by atoms with van der Waals surface area (Å²) in [6, 6.07) is 9.29. The van der Waals surface area contributed by atoms with Crippen molar-refractivity contribution < 1.29 is 14.6 Å². The van der Waals surface area contributed by atoms with Crippen molar-refractivity contribution in [1.29, 1.82) is 0 Å². The first-order chi connectivity index (χ1) is 8.24. The summed E-state index contributed by atoms with van der Waals surface area (Å²) >= 11 is 0. The first-order valence-corrected chi connectivity index (χ1v) is 5.13. The largest absolute Gasteiger partial charge is 0.479 e. The Bertz CT molecular complexity index is 402. The van der Waals surface area contributed by atoms with Crippen molar-refractivity contribution in [2.45, 2.75) is 19.1 Å². The van der Waals surface area contributed by atoms with E-state index in [-0.39, 0.29) is 19.6 Å². The average molecular weight is 235 g/mol. The zero-order chi connectivity index (χ0) is 12.5. The maximum Gasteiger partial charge on any atom is 0.332 e. The topological polar surface area (TPSA) is 95.3 Å². The quantitative estimate of drug-likeness (QED) is 0.446. The zero-order valence-electron chi connectivity index (χ0n) is 9.19. The van der Waals surface area contributed by atoms with E-state index < -0.39 is 12.1 Å². The van der Waals surface area contributed by atoms with Crippen LogP contribution in [0.15, 0.2) is 35.4 Å². The lowest BCUT2D eigenvalue weighted by Crippen LogP contribution is -2.24. The van der Waals surface area contributed by atoms with E-state index in [9.17, 15) is 4.79 Å². The van der Waals surface area contributed by atoms with Gasteiger partial charge in [0.2, 0.25) is 0 Å². The van der Waals surface area contributed by atoms with Crippen molar-refractivity contribution in [3.8, 4) is 0 Å². The second kappa shape index (κ2) is 7.27. The van der Waals surface area contributed by atoms with Gasteiger partial charge in [-0.3, -0.25) is 0 Å². The van der Waals surface area contributed by atoms with E-state index >= 15 is 0 Å². The van der Waals surface area contributed by atoms with Crippen LogP contribution < -0.4 is 0 Å². The third-order valence-electron chi connectivity index (χ3n) is 2.12. The highest BCUT2D eigenvalue weighted by Gasteiger charge is 2.17. The number of rotatable bonds is 7. The van der Waals surface area contributed by atoms with E-state index in [2.05, 4.69) is 10.0 Å². The van der Waals surface area contributed by atoms with Gasteiger partial charge < -0.3 is 9.84 Å². The van der Waals surface area contributed by atoms with E-state index in [1.54, 1.807) is 0 Å². The fraction of sp³-hybridized carbons (Fsp3) is 0.364. The van der Waals surface area contributed by atoms with Crippen molar-refractivity contribution in [3.05, 3.63) is 46.3 Å². The molecule has 0 heterocycles. The predicted molar refractivity (Wildman–Crippen MR) is 61.3 cm³/mol. The Morgan fingerprint density at radius 2 is 2.18 bits per heavy atom. The van der Waals surface area contributed by atoms with Crippen LogP contribution in [0.1, 0.15) is 12.0 Å². The Morgan fingerprint density at radius 1 is 1.47 bits per heavy atom. The molecule has 0 aromatic heterocycles. The van der Waals surface area contributed by atoms with E-state index in [0.717, 1.165) is 5.56 Å². The Labute approximate surface area is 98.5 Å². The van der Waals surface area contributed by atoms with Gasteiger partial charge in [-0.15, -0.1) is 0 Å². The minimum atomic E-state index is -1.05. The van der Waals surface area contributed by atoms with Crippen LogP contribution in [0, 0.1) is 0 Å². The lowest BCUT2D eigenvalue weighted by atomic mass is 10.2. The van der Waals surface area contributed by atoms with Gasteiger partial charge in [0.15, 0.2) is 6.10 Å². The molecule has 1 aromatic rings. The van der Waals surface area contributed by atoms with E-state index in [4.69, 9.17) is 15.4 Å². The summed E-state index contributed by atoms with van der Waals surface area (Å²) in [7, 11) is 0. The van der Waals surface area contributed by atoms with Crippen LogP contribution in [0.2, 0.25) is 0 Å². The number of benzene rings is 1. The molecule has 0 aliphatic heterocycles. The van der Waals surface area contributed by atoms with Gasteiger partial charge in [-0.2, -0.15) is 0 Å². The normalized spacial score (nSPS) is 11.5. The van der Waals surface area contributed by atoms with Gasteiger partial charge in [0.1, 0.15) is 0 Å². The number of carboxylic acid groups (broad SMARTS) is 1. The maximum absolute atomic E-state index is 10.9. The molecular weight excluding hydrogens is 222 g/mol. The molecule has 1 rings (SSSR count). The highest BCUT2D eigenvalue weighted by molar-refractivity contribution is 5.72. The summed E-state index contributed by atoms with van der Waals surface area (Å²) < 4.78 is 5.25. The summed E-state index contributed by atoms with van der Waals surface area (Å²) in [5.74, 6) is -1.05. The number of azide groups is 1. The third kappa shape index (κ3) is 5.01. The SMILES string of the molecule is [N-]=[N+]=NCCC(OCc1ccccc1)C(=O)O. The fourth-order valence-corrected chi connectivity index (χ4v) is 1.27. The Morgan fingerprint density at radius 3 is 2.76 bits per heavy atom. The molecule has 0 spiro atoms. The van der Waals surface area contributed by atoms with Crippen LogP contribution in [0.3, 0.4) is 0 Å². The van der Waals surface area contributed by atoms with E-state index in [0.29, 0.717) is 0 Å². The van der Waals surface area contributed by atoms with Gasteiger partial charge in [0, 0.05) is 11.5 Å². The molecule has 1 atom stereocenters. The van der Waals surface area contributed by atoms with Crippen molar-refractivity contribution in [1.82, 2.24) is 0 Å². The van der Waals surface area contributed by atoms with E-state index in [1.165, 1.54) is 0 Å². The highest BCUT2D eigenvalue weighted by Crippen LogP contribution is 2.06. The van der Waals surface area contributed by atoms with Crippen molar-refractivity contribution in [3.63, 3.8) is 0 Å². The monoisotopic (exact) mass is 235 g/mol. The molecule has 0 aliphatic rings. The molecular formula is C11H13N3O3. The van der Waals surface area contributed by atoms with Crippen LogP contribution in [-0.2, 0) is 16.1 Å². The molecule has 0 aliphatic carbocycles. The van der Waals surface area contributed by atoms with Gasteiger partial charge in [-0.1, -0.05) is 35.4 Å². The number of carboxylic acids is 1. The smallest absolute Gasteiger partial charge is 0.332 e. The first kappa shape index (κ1) is 13.0. The maximum atomic E-state index is 10.9. The fourth-order valence-electron chi connectivity index (χ4n) is 1.27. The molecule has 6 heteroatoms. The van der Waals surface area contributed by atoms with Gasteiger partial charge in [0.05, 0.1) is 6.61 Å². The first-order valence-electron chi connectivity index (χ1n) is 5.13. The lowest BCUT2D eigenvalue weighted by Gasteiger charge is -2.12. The summed E-state index contributed by atoms with van der Waals surface area (Å²) in [5, 5.41) is 12.2. The number of hydrogen-bond donors (Lipinski definition) is 1. The van der Waals surface area contributed by atoms with Crippen LogP contribution in [0.25, 0.3) is 10.4 Å². The Balaban J connectivity index is 2.44. The third-order valence-corrected chi connectivity index (χ3v) is 2.12. The zero-order valence-corrected chi connectivity index (χ0v) is 9.19. The van der Waals surface area contributed by atoms with Crippen LogP contribution in [-0.4, -0.2) is 23.7 Å². The van der Waals surface area contributed by atoms with Gasteiger partial charge >= 0.3 is 5.97 Å². The second-order valence-electron chi connectivity index (χ2n) is 3.37. The number of aliphatic carboxylic acids is 1. The summed E-state index contributed by atoms with van der Waals surface area (Å²) in [6.07, 6.45) is -0.771. The van der Waals surface area contributed by atoms with E-state index in [1.807, 2.05) is 30.3 Å². The van der Waals surface area contributed by atoms with Crippen molar-refractivity contribution in [2.75, 3.05) is 6.54 Å². The molecule has 1 N–H and O–H groups in total. The predicted octanol–water partition coefficient (Wildman–Crippen LogP) is 2.36. The highest BCUT2D eigenvalue weighted by atomic mass is 16.5. The molecule has 1 unspecified atom stereocenters. The molecule has 0 fully saturated rings. The molecule has 0 radical (unpaired) electrons. The Kier molecular flexibility index (Phi) is 5.57. The molecule has 0 bridgehead atoms. The minimum absolute atomic E-state index is 0.113. The average Bonchev–Trinajstić information content (AvgIpc) is 2.34. The number of hydrogen-bond acceptors (Lipinski definition) is 3. The molecule has 0 saturated carbocycles.